The number of anilines is 1. The number of benzene rings is 1. The van der Waals surface area contributed by atoms with Gasteiger partial charge in [-0.3, -0.25) is 0 Å². The van der Waals surface area contributed by atoms with Crippen molar-refractivity contribution in [1.29, 1.82) is 0 Å². The molecule has 0 unspecified atom stereocenters. The highest BCUT2D eigenvalue weighted by molar-refractivity contribution is 6.30. The molecule has 5 nitrogen and oxygen atoms in total. The summed E-state index contributed by atoms with van der Waals surface area (Å²) in [5, 5.41) is 4.87. The second-order valence-electron chi connectivity index (χ2n) is 3.94. The second-order valence-corrected chi connectivity index (χ2v) is 4.38. The third-order valence-corrected chi connectivity index (χ3v) is 2.95. The highest BCUT2D eigenvalue weighted by Crippen LogP contribution is 2.22. The maximum absolute atomic E-state index is 5.87. The maximum atomic E-state index is 5.87. The van der Waals surface area contributed by atoms with Crippen LogP contribution in [0.2, 0.25) is 5.02 Å². The first-order valence-corrected chi connectivity index (χ1v) is 5.77. The Morgan fingerprint density at radius 2 is 1.94 bits per heavy atom. The molecule has 0 spiro atoms. The number of nitrogens with two attached hydrogens (primary N) is 1. The van der Waals surface area contributed by atoms with Gasteiger partial charge in [-0.1, -0.05) is 11.6 Å². The number of nitrogens with zero attached hydrogens (tertiary/aromatic N) is 4. The van der Waals surface area contributed by atoms with Crippen LogP contribution in [0, 0.1) is 6.92 Å². The third kappa shape index (κ3) is 1.69. The molecule has 3 aromatic rings. The van der Waals surface area contributed by atoms with E-state index >= 15 is 0 Å². The SMILES string of the molecule is Cc1nc(-c2ccc(Cl)cc2)n2nc(N)ncc12. The van der Waals surface area contributed by atoms with Crippen LogP contribution in [-0.4, -0.2) is 19.6 Å². The van der Waals surface area contributed by atoms with Gasteiger partial charge in [-0.25, -0.2) is 14.5 Å². The topological polar surface area (TPSA) is 69.1 Å². The molecule has 6 heteroatoms. The smallest absolute Gasteiger partial charge is 0.238 e. The van der Waals surface area contributed by atoms with Gasteiger partial charge in [0.15, 0.2) is 5.82 Å². The van der Waals surface area contributed by atoms with Crippen molar-refractivity contribution < 1.29 is 0 Å². The zero-order valence-electron chi connectivity index (χ0n) is 9.63. The van der Waals surface area contributed by atoms with E-state index in [1.807, 2.05) is 31.2 Å². The molecular weight excluding hydrogens is 250 g/mol. The number of aromatic nitrogens is 4. The van der Waals surface area contributed by atoms with Crippen LogP contribution in [0.3, 0.4) is 0 Å². The molecule has 0 aliphatic heterocycles. The first kappa shape index (κ1) is 11.0. The number of aryl methyl sites for hydroxylation is 1. The number of nitrogen functional groups attached to an aromatic ring is 1. The Bertz CT molecular complexity index is 717. The van der Waals surface area contributed by atoms with E-state index in [4.69, 9.17) is 17.3 Å². The second kappa shape index (κ2) is 3.96. The van der Waals surface area contributed by atoms with E-state index in [0.29, 0.717) is 5.02 Å². The first-order chi connectivity index (χ1) is 8.65. The van der Waals surface area contributed by atoms with Crippen molar-refractivity contribution in [2.24, 2.45) is 0 Å². The average molecular weight is 260 g/mol. The summed E-state index contributed by atoms with van der Waals surface area (Å²) in [5.74, 6) is 0.948. The van der Waals surface area contributed by atoms with E-state index < -0.39 is 0 Å². The van der Waals surface area contributed by atoms with Crippen LogP contribution in [0.5, 0.6) is 0 Å². The molecule has 1 aromatic carbocycles. The normalized spacial score (nSPS) is 11.0. The molecule has 2 heterocycles. The van der Waals surface area contributed by atoms with Gasteiger partial charge in [0.1, 0.15) is 5.52 Å². The number of imidazole rings is 1. The van der Waals surface area contributed by atoms with E-state index in [9.17, 15) is 0 Å². The summed E-state index contributed by atoms with van der Waals surface area (Å²) in [7, 11) is 0. The fourth-order valence-electron chi connectivity index (χ4n) is 1.82. The highest BCUT2D eigenvalue weighted by atomic mass is 35.5. The van der Waals surface area contributed by atoms with Gasteiger partial charge in [0, 0.05) is 10.6 Å². The minimum atomic E-state index is 0.218. The largest absolute Gasteiger partial charge is 0.367 e. The van der Waals surface area contributed by atoms with Gasteiger partial charge in [-0.05, 0) is 31.2 Å². The minimum Gasteiger partial charge on any atom is -0.367 e. The number of rotatable bonds is 1. The quantitative estimate of drug-likeness (QED) is 0.728. The van der Waals surface area contributed by atoms with Crippen molar-refractivity contribution in [3.05, 3.63) is 41.2 Å². The average Bonchev–Trinajstić information content (AvgIpc) is 2.67. The molecule has 18 heavy (non-hydrogen) atoms. The van der Waals surface area contributed by atoms with E-state index in [-0.39, 0.29) is 5.95 Å². The lowest BCUT2D eigenvalue weighted by atomic mass is 10.2. The fraction of sp³-hybridized carbons (Fsp3) is 0.0833. The van der Waals surface area contributed by atoms with Crippen LogP contribution in [0.25, 0.3) is 16.9 Å². The molecule has 0 amide bonds. The van der Waals surface area contributed by atoms with Crippen molar-refractivity contribution >= 4 is 23.1 Å². The standard InChI is InChI=1S/C12H10ClN5/c1-7-10-6-15-12(14)17-18(10)11(16-7)8-2-4-9(13)5-3-8/h2-6H,1H3,(H2,14,17). The molecule has 0 aliphatic rings. The molecule has 0 bridgehead atoms. The Morgan fingerprint density at radius 3 is 2.67 bits per heavy atom. The van der Waals surface area contributed by atoms with Gasteiger partial charge in [0.2, 0.25) is 5.95 Å². The Hall–Kier alpha value is -2.14. The Balaban J connectivity index is 2.28. The van der Waals surface area contributed by atoms with Crippen LogP contribution in [-0.2, 0) is 0 Å². The predicted molar refractivity (Wildman–Crippen MR) is 70.4 cm³/mol. The molecule has 0 atom stereocenters. The number of hydrogen-bond donors (Lipinski definition) is 1. The Morgan fingerprint density at radius 1 is 1.22 bits per heavy atom. The molecule has 0 saturated carbocycles. The molecule has 2 aromatic heterocycles. The van der Waals surface area contributed by atoms with Gasteiger partial charge in [0.25, 0.3) is 0 Å². The summed E-state index contributed by atoms with van der Waals surface area (Å²) in [6, 6.07) is 7.43. The lowest BCUT2D eigenvalue weighted by molar-refractivity contribution is 0.914. The van der Waals surface area contributed by atoms with Crippen molar-refractivity contribution in [2.45, 2.75) is 6.92 Å². The lowest BCUT2D eigenvalue weighted by Crippen LogP contribution is -2.01. The van der Waals surface area contributed by atoms with Crippen LogP contribution in [0.15, 0.2) is 30.5 Å². The molecule has 0 saturated heterocycles. The summed E-state index contributed by atoms with van der Waals surface area (Å²) in [6.07, 6.45) is 1.67. The summed E-state index contributed by atoms with van der Waals surface area (Å²) >= 11 is 5.87. The molecule has 0 fully saturated rings. The molecule has 0 radical (unpaired) electrons. The van der Waals surface area contributed by atoms with Crippen LogP contribution in [0.1, 0.15) is 5.69 Å². The summed E-state index contributed by atoms with van der Waals surface area (Å²) in [6.45, 7) is 1.91. The monoisotopic (exact) mass is 259 g/mol. The molecule has 2 N–H and O–H groups in total. The van der Waals surface area contributed by atoms with Crippen LogP contribution in [0.4, 0.5) is 5.95 Å². The van der Waals surface area contributed by atoms with Crippen molar-refractivity contribution in [3.63, 3.8) is 0 Å². The van der Waals surface area contributed by atoms with Crippen molar-refractivity contribution in [1.82, 2.24) is 19.6 Å². The van der Waals surface area contributed by atoms with Gasteiger partial charge < -0.3 is 5.73 Å². The maximum Gasteiger partial charge on any atom is 0.238 e. The van der Waals surface area contributed by atoms with Crippen LogP contribution < -0.4 is 5.73 Å². The zero-order chi connectivity index (χ0) is 12.7. The highest BCUT2D eigenvalue weighted by Gasteiger charge is 2.11. The third-order valence-electron chi connectivity index (χ3n) is 2.70. The number of fused-ring (bicyclic) bond motifs is 1. The van der Waals surface area contributed by atoms with Gasteiger partial charge in [0.05, 0.1) is 11.9 Å². The van der Waals surface area contributed by atoms with Gasteiger partial charge in [-0.15, -0.1) is 5.10 Å². The molecule has 0 aliphatic carbocycles. The van der Waals surface area contributed by atoms with Crippen molar-refractivity contribution in [3.8, 4) is 11.4 Å². The Kier molecular flexibility index (Phi) is 2.41. The molecule has 3 rings (SSSR count). The van der Waals surface area contributed by atoms with E-state index in [1.54, 1.807) is 10.7 Å². The first-order valence-electron chi connectivity index (χ1n) is 5.39. The van der Waals surface area contributed by atoms with Gasteiger partial charge >= 0.3 is 0 Å². The lowest BCUT2D eigenvalue weighted by Gasteiger charge is -2.00. The molecule has 90 valence electrons. The minimum absolute atomic E-state index is 0.218. The Labute approximate surface area is 108 Å². The van der Waals surface area contributed by atoms with E-state index in [2.05, 4.69) is 15.1 Å². The van der Waals surface area contributed by atoms with Crippen LogP contribution >= 0.6 is 11.6 Å². The van der Waals surface area contributed by atoms with E-state index in [0.717, 1.165) is 22.6 Å². The summed E-state index contributed by atoms with van der Waals surface area (Å²) in [4.78, 5) is 8.47. The van der Waals surface area contributed by atoms with Gasteiger partial charge in [-0.2, -0.15) is 0 Å². The van der Waals surface area contributed by atoms with E-state index in [1.165, 1.54) is 0 Å². The molecular formula is C12H10ClN5. The summed E-state index contributed by atoms with van der Waals surface area (Å²) in [5.41, 5.74) is 8.25. The summed E-state index contributed by atoms with van der Waals surface area (Å²) < 4.78 is 1.70. The zero-order valence-corrected chi connectivity index (χ0v) is 10.4. The fourth-order valence-corrected chi connectivity index (χ4v) is 1.95. The van der Waals surface area contributed by atoms with Crippen molar-refractivity contribution in [2.75, 3.05) is 5.73 Å². The number of halogens is 1. The predicted octanol–water partition coefficient (Wildman–Crippen LogP) is 2.34. The number of hydrogen-bond acceptors (Lipinski definition) is 4.